The van der Waals surface area contributed by atoms with Gasteiger partial charge >= 0.3 is 0 Å². The zero-order chi connectivity index (χ0) is 18.4. The summed E-state index contributed by atoms with van der Waals surface area (Å²) in [6, 6.07) is 15.6. The first-order chi connectivity index (χ1) is 11.9. The average Bonchev–Trinajstić information content (AvgIpc) is 2.57. The number of rotatable bonds is 5. The lowest BCUT2D eigenvalue weighted by Gasteiger charge is -2.16. The molecule has 2 rings (SSSR count). The van der Waals surface area contributed by atoms with E-state index in [0.29, 0.717) is 0 Å². The number of nitrogens with one attached hydrogen (secondary N) is 2. The highest BCUT2D eigenvalue weighted by atomic mass is 16.1. The van der Waals surface area contributed by atoms with Gasteiger partial charge in [-0.2, -0.15) is 5.26 Å². The van der Waals surface area contributed by atoms with E-state index in [1.807, 2.05) is 62.4 Å². The van der Waals surface area contributed by atoms with Gasteiger partial charge < -0.3 is 10.6 Å². The minimum atomic E-state index is -0.418. The molecule has 0 radical (unpaired) electrons. The summed E-state index contributed by atoms with van der Waals surface area (Å²) in [5, 5.41) is 15.2. The molecule has 128 valence electrons. The van der Waals surface area contributed by atoms with Crippen molar-refractivity contribution in [1.29, 1.82) is 5.26 Å². The van der Waals surface area contributed by atoms with Gasteiger partial charge in [0.1, 0.15) is 11.6 Å². The van der Waals surface area contributed by atoms with Gasteiger partial charge in [-0.3, -0.25) is 4.79 Å². The van der Waals surface area contributed by atoms with E-state index in [2.05, 4.69) is 24.5 Å². The normalized spacial score (nSPS) is 11.1. The van der Waals surface area contributed by atoms with Crippen LogP contribution in [0.5, 0.6) is 0 Å². The predicted octanol–water partition coefficient (Wildman–Crippen LogP) is 4.88. The quantitative estimate of drug-likeness (QED) is 0.605. The van der Waals surface area contributed by atoms with Gasteiger partial charge in [-0.15, -0.1) is 0 Å². The molecule has 0 fully saturated rings. The van der Waals surface area contributed by atoms with Crippen molar-refractivity contribution in [2.24, 2.45) is 0 Å². The Bertz CT molecular complexity index is 844. The van der Waals surface area contributed by atoms with E-state index in [9.17, 15) is 10.1 Å². The number of nitriles is 1. The molecule has 0 spiro atoms. The van der Waals surface area contributed by atoms with E-state index in [-0.39, 0.29) is 11.5 Å². The fourth-order valence-corrected chi connectivity index (χ4v) is 2.56. The minimum absolute atomic E-state index is 0.0273. The zero-order valence-electron chi connectivity index (χ0n) is 15.1. The van der Waals surface area contributed by atoms with E-state index in [1.54, 1.807) is 0 Å². The summed E-state index contributed by atoms with van der Waals surface area (Å²) in [6.45, 7) is 8.08. The van der Waals surface area contributed by atoms with Crippen LogP contribution in [0.1, 0.15) is 36.5 Å². The highest BCUT2D eigenvalue weighted by Gasteiger charge is 2.15. The third kappa shape index (κ3) is 4.71. The van der Waals surface area contributed by atoms with Crippen molar-refractivity contribution in [3.8, 4) is 6.07 Å². The van der Waals surface area contributed by atoms with Crippen LogP contribution in [0.2, 0.25) is 0 Å². The standard InChI is InChI=1S/C21H23N3O/c1-14(2)19-10-6-8-16(4)20(19)24-21(25)17(12-22)13-23-18-9-5-7-15(3)11-18/h5-11,13-14,23H,1-4H3,(H,24,25)/b17-13-. The van der Waals surface area contributed by atoms with Crippen LogP contribution < -0.4 is 10.6 Å². The van der Waals surface area contributed by atoms with Crippen LogP contribution in [0.25, 0.3) is 0 Å². The van der Waals surface area contributed by atoms with Crippen molar-refractivity contribution >= 4 is 17.3 Å². The summed E-state index contributed by atoms with van der Waals surface area (Å²) in [5.74, 6) is -0.144. The van der Waals surface area contributed by atoms with Gasteiger partial charge in [-0.1, -0.05) is 44.2 Å². The van der Waals surface area contributed by atoms with Gasteiger partial charge in [-0.25, -0.2) is 0 Å². The van der Waals surface area contributed by atoms with Crippen molar-refractivity contribution in [2.45, 2.75) is 33.6 Å². The molecule has 0 saturated carbocycles. The molecule has 0 heterocycles. The molecule has 0 aliphatic rings. The first-order valence-corrected chi connectivity index (χ1v) is 8.26. The Hall–Kier alpha value is -3.06. The number of anilines is 2. The minimum Gasteiger partial charge on any atom is -0.360 e. The lowest BCUT2D eigenvalue weighted by molar-refractivity contribution is -0.112. The number of nitrogens with zero attached hydrogens (tertiary/aromatic N) is 1. The molecule has 2 aromatic rings. The number of para-hydroxylation sites is 1. The van der Waals surface area contributed by atoms with Gasteiger partial charge in [0.2, 0.25) is 0 Å². The first-order valence-electron chi connectivity index (χ1n) is 8.26. The number of carbonyl (C=O) groups is 1. The van der Waals surface area contributed by atoms with Crippen molar-refractivity contribution in [1.82, 2.24) is 0 Å². The first kappa shape index (κ1) is 18.3. The van der Waals surface area contributed by atoms with Gasteiger partial charge in [0.25, 0.3) is 5.91 Å². The second-order valence-corrected chi connectivity index (χ2v) is 6.33. The summed E-state index contributed by atoms with van der Waals surface area (Å²) in [6.07, 6.45) is 1.44. The third-order valence-corrected chi connectivity index (χ3v) is 3.93. The molecule has 0 bridgehead atoms. The maximum atomic E-state index is 12.5. The Kier molecular flexibility index (Phi) is 5.97. The maximum Gasteiger partial charge on any atom is 0.267 e. The molecular weight excluding hydrogens is 310 g/mol. The van der Waals surface area contributed by atoms with Crippen LogP contribution in [0.4, 0.5) is 11.4 Å². The highest BCUT2D eigenvalue weighted by molar-refractivity contribution is 6.07. The molecule has 0 aliphatic carbocycles. The van der Waals surface area contributed by atoms with Gasteiger partial charge in [-0.05, 0) is 48.6 Å². The molecule has 1 amide bonds. The SMILES string of the molecule is Cc1cccc(N/C=C(/C#N)C(=O)Nc2c(C)cccc2C(C)C)c1. The summed E-state index contributed by atoms with van der Waals surface area (Å²) in [5.41, 5.74) is 4.77. The average molecular weight is 333 g/mol. The summed E-state index contributed by atoms with van der Waals surface area (Å²) < 4.78 is 0. The highest BCUT2D eigenvalue weighted by Crippen LogP contribution is 2.27. The predicted molar refractivity (Wildman–Crippen MR) is 102 cm³/mol. The van der Waals surface area contributed by atoms with E-state index in [1.165, 1.54) is 6.20 Å². The molecule has 25 heavy (non-hydrogen) atoms. The molecular formula is C21H23N3O. The fourth-order valence-electron chi connectivity index (χ4n) is 2.56. The number of benzene rings is 2. The van der Waals surface area contributed by atoms with Crippen LogP contribution in [-0.2, 0) is 4.79 Å². The molecule has 2 aromatic carbocycles. The molecule has 0 aromatic heterocycles. The van der Waals surface area contributed by atoms with Crippen LogP contribution in [0, 0.1) is 25.2 Å². The Morgan fingerprint density at radius 3 is 2.52 bits per heavy atom. The molecule has 2 N–H and O–H groups in total. The van der Waals surface area contributed by atoms with Crippen LogP contribution >= 0.6 is 0 Å². The maximum absolute atomic E-state index is 12.5. The third-order valence-electron chi connectivity index (χ3n) is 3.93. The van der Waals surface area contributed by atoms with Crippen LogP contribution in [0.3, 0.4) is 0 Å². The number of hydrogen-bond donors (Lipinski definition) is 2. The van der Waals surface area contributed by atoms with E-state index in [0.717, 1.165) is 28.1 Å². The number of aryl methyl sites for hydroxylation is 2. The number of carbonyl (C=O) groups excluding carboxylic acids is 1. The van der Waals surface area contributed by atoms with Crippen molar-refractivity contribution in [3.63, 3.8) is 0 Å². The zero-order valence-corrected chi connectivity index (χ0v) is 15.1. The lowest BCUT2D eigenvalue weighted by Crippen LogP contribution is -2.17. The van der Waals surface area contributed by atoms with E-state index in [4.69, 9.17) is 0 Å². The van der Waals surface area contributed by atoms with Gasteiger partial charge in [0, 0.05) is 17.6 Å². The summed E-state index contributed by atoms with van der Waals surface area (Å²) >= 11 is 0. The monoisotopic (exact) mass is 333 g/mol. The van der Waals surface area contributed by atoms with Gasteiger partial charge in [0.05, 0.1) is 0 Å². The summed E-state index contributed by atoms with van der Waals surface area (Å²) in [7, 11) is 0. The van der Waals surface area contributed by atoms with Crippen LogP contribution in [-0.4, -0.2) is 5.91 Å². The van der Waals surface area contributed by atoms with Gasteiger partial charge in [0.15, 0.2) is 0 Å². The topological polar surface area (TPSA) is 64.9 Å². The Labute approximate surface area is 149 Å². The molecule has 4 nitrogen and oxygen atoms in total. The second-order valence-electron chi connectivity index (χ2n) is 6.33. The number of amides is 1. The smallest absolute Gasteiger partial charge is 0.267 e. The Morgan fingerprint density at radius 1 is 1.16 bits per heavy atom. The fraction of sp³-hybridized carbons (Fsp3) is 0.238. The van der Waals surface area contributed by atoms with Crippen LogP contribution in [0.15, 0.2) is 54.2 Å². The van der Waals surface area contributed by atoms with Crippen molar-refractivity contribution in [3.05, 3.63) is 70.9 Å². The summed E-state index contributed by atoms with van der Waals surface area (Å²) in [4.78, 5) is 12.5. The molecule has 0 unspecified atom stereocenters. The van der Waals surface area contributed by atoms with Crippen molar-refractivity contribution in [2.75, 3.05) is 10.6 Å². The number of hydrogen-bond acceptors (Lipinski definition) is 3. The van der Waals surface area contributed by atoms with E-state index >= 15 is 0 Å². The second kappa shape index (κ2) is 8.16. The Balaban J connectivity index is 2.21. The molecule has 0 atom stereocenters. The largest absolute Gasteiger partial charge is 0.360 e. The molecule has 4 heteroatoms. The van der Waals surface area contributed by atoms with Crippen molar-refractivity contribution < 1.29 is 4.79 Å². The Morgan fingerprint density at radius 2 is 1.88 bits per heavy atom. The van der Waals surface area contributed by atoms with E-state index < -0.39 is 5.91 Å². The molecule has 0 aliphatic heterocycles. The lowest BCUT2D eigenvalue weighted by atomic mass is 9.98. The molecule has 0 saturated heterocycles.